The minimum absolute atomic E-state index is 0.332. The van der Waals surface area contributed by atoms with Crippen LogP contribution in [0.1, 0.15) is 25.0 Å². The van der Waals surface area contributed by atoms with Gasteiger partial charge in [-0.15, -0.1) is 0 Å². The quantitative estimate of drug-likeness (QED) is 0.828. The molecule has 0 radical (unpaired) electrons. The predicted octanol–water partition coefficient (Wildman–Crippen LogP) is 3.64. The first kappa shape index (κ1) is 16.2. The average Bonchev–Trinajstić information content (AvgIpc) is 2.46. The summed E-state index contributed by atoms with van der Waals surface area (Å²) >= 11 is 0. The Kier molecular flexibility index (Phi) is 5.29. The van der Waals surface area contributed by atoms with E-state index < -0.39 is 0 Å². The molecule has 0 saturated heterocycles. The number of anilines is 1. The van der Waals surface area contributed by atoms with E-state index in [1.54, 1.807) is 6.92 Å². The van der Waals surface area contributed by atoms with Crippen LogP contribution >= 0.6 is 0 Å². The Labute approximate surface area is 129 Å². The van der Waals surface area contributed by atoms with Gasteiger partial charge in [-0.1, -0.05) is 13.8 Å². The second kappa shape index (κ2) is 7.19. The largest absolute Gasteiger partial charge is 0.381 e. The Bertz CT molecular complexity index is 707. The van der Waals surface area contributed by atoms with Crippen LogP contribution in [0.2, 0.25) is 0 Å². The van der Waals surface area contributed by atoms with Gasteiger partial charge in [-0.3, -0.25) is 4.98 Å². The number of rotatable bonds is 6. The number of ether oxygens (including phenoxy) is 1. The zero-order valence-electron chi connectivity index (χ0n) is 13.1. The number of halogens is 1. The standard InChI is InChI=1S/C17H20FN3O/c1-11(2)10-22-5-4-20-17-13(8-19)9-21-16-12(3)6-14(18)7-15(16)17/h6-7,9,11H,4-5,10H2,1-3H3,(H,20,21). The van der Waals surface area contributed by atoms with Crippen LogP contribution in [-0.4, -0.2) is 24.7 Å². The SMILES string of the molecule is Cc1cc(F)cc2c(NCCOCC(C)C)c(C#N)cnc12. The third kappa shape index (κ3) is 3.71. The molecule has 22 heavy (non-hydrogen) atoms. The molecule has 1 N–H and O–H groups in total. The number of aromatic nitrogens is 1. The zero-order chi connectivity index (χ0) is 16.1. The molecule has 1 aromatic heterocycles. The van der Waals surface area contributed by atoms with Gasteiger partial charge in [0, 0.05) is 24.7 Å². The van der Waals surface area contributed by atoms with Gasteiger partial charge in [0.15, 0.2) is 0 Å². The molecule has 0 saturated carbocycles. The lowest BCUT2D eigenvalue weighted by atomic mass is 10.1. The molecule has 0 aliphatic heterocycles. The van der Waals surface area contributed by atoms with Crippen molar-refractivity contribution in [1.82, 2.24) is 4.98 Å². The maximum Gasteiger partial charge on any atom is 0.124 e. The van der Waals surface area contributed by atoms with Crippen molar-refractivity contribution in [3.8, 4) is 6.07 Å². The maximum absolute atomic E-state index is 13.7. The van der Waals surface area contributed by atoms with E-state index in [0.29, 0.717) is 47.8 Å². The molecule has 0 amide bonds. The van der Waals surface area contributed by atoms with Crippen molar-refractivity contribution >= 4 is 16.6 Å². The minimum Gasteiger partial charge on any atom is -0.381 e. The molecule has 2 rings (SSSR count). The molecular weight excluding hydrogens is 281 g/mol. The first-order chi connectivity index (χ1) is 10.5. The number of hydrogen-bond donors (Lipinski definition) is 1. The van der Waals surface area contributed by atoms with Crippen molar-refractivity contribution in [3.63, 3.8) is 0 Å². The maximum atomic E-state index is 13.7. The molecule has 0 aliphatic rings. The summed E-state index contributed by atoms with van der Waals surface area (Å²) in [4.78, 5) is 4.26. The number of nitriles is 1. The fraction of sp³-hybridized carbons (Fsp3) is 0.412. The molecule has 4 nitrogen and oxygen atoms in total. The van der Waals surface area contributed by atoms with E-state index in [0.717, 1.165) is 5.56 Å². The molecule has 1 aromatic carbocycles. The summed E-state index contributed by atoms with van der Waals surface area (Å²) in [6.07, 6.45) is 1.52. The van der Waals surface area contributed by atoms with Crippen LogP contribution in [0.4, 0.5) is 10.1 Å². The highest BCUT2D eigenvalue weighted by atomic mass is 19.1. The summed E-state index contributed by atoms with van der Waals surface area (Å²) in [5.74, 6) is 0.147. The van der Waals surface area contributed by atoms with Gasteiger partial charge in [-0.05, 0) is 30.5 Å². The van der Waals surface area contributed by atoms with E-state index in [1.165, 1.54) is 18.3 Å². The molecule has 5 heteroatoms. The number of nitrogens with zero attached hydrogens (tertiary/aromatic N) is 2. The molecule has 0 atom stereocenters. The average molecular weight is 301 g/mol. The Morgan fingerprint density at radius 1 is 1.41 bits per heavy atom. The highest BCUT2D eigenvalue weighted by Gasteiger charge is 2.11. The third-order valence-corrected chi connectivity index (χ3v) is 3.25. The van der Waals surface area contributed by atoms with E-state index in [2.05, 4.69) is 30.2 Å². The number of aryl methyl sites for hydroxylation is 1. The lowest BCUT2D eigenvalue weighted by molar-refractivity contribution is 0.118. The monoisotopic (exact) mass is 301 g/mol. The number of hydrogen-bond acceptors (Lipinski definition) is 4. The molecule has 0 bridgehead atoms. The normalized spacial score (nSPS) is 10.9. The molecule has 1 heterocycles. The first-order valence-electron chi connectivity index (χ1n) is 7.33. The van der Waals surface area contributed by atoms with Crippen LogP contribution in [0.15, 0.2) is 18.3 Å². The van der Waals surface area contributed by atoms with Crippen molar-refractivity contribution in [1.29, 1.82) is 5.26 Å². The Morgan fingerprint density at radius 2 is 2.18 bits per heavy atom. The van der Waals surface area contributed by atoms with Gasteiger partial charge < -0.3 is 10.1 Å². The predicted molar refractivity (Wildman–Crippen MR) is 85.3 cm³/mol. The van der Waals surface area contributed by atoms with E-state index in [9.17, 15) is 9.65 Å². The Morgan fingerprint density at radius 3 is 2.86 bits per heavy atom. The lowest BCUT2D eigenvalue weighted by Crippen LogP contribution is -2.13. The van der Waals surface area contributed by atoms with Gasteiger partial charge in [0.25, 0.3) is 0 Å². The van der Waals surface area contributed by atoms with Gasteiger partial charge >= 0.3 is 0 Å². The fourth-order valence-corrected chi connectivity index (χ4v) is 2.28. The third-order valence-electron chi connectivity index (χ3n) is 3.25. The molecule has 0 unspecified atom stereocenters. The summed E-state index contributed by atoms with van der Waals surface area (Å²) in [7, 11) is 0. The zero-order valence-corrected chi connectivity index (χ0v) is 13.1. The summed E-state index contributed by atoms with van der Waals surface area (Å²) in [6.45, 7) is 7.75. The smallest absolute Gasteiger partial charge is 0.124 e. The highest BCUT2D eigenvalue weighted by molar-refractivity contribution is 5.95. The second-order valence-electron chi connectivity index (χ2n) is 5.67. The van der Waals surface area contributed by atoms with Crippen molar-refractivity contribution < 1.29 is 9.13 Å². The van der Waals surface area contributed by atoms with Crippen molar-refractivity contribution in [2.24, 2.45) is 5.92 Å². The van der Waals surface area contributed by atoms with Gasteiger partial charge in [-0.25, -0.2) is 4.39 Å². The van der Waals surface area contributed by atoms with E-state index >= 15 is 0 Å². The summed E-state index contributed by atoms with van der Waals surface area (Å²) in [6, 6.07) is 4.95. The molecule has 0 fully saturated rings. The van der Waals surface area contributed by atoms with E-state index in [4.69, 9.17) is 4.74 Å². The first-order valence-corrected chi connectivity index (χ1v) is 7.33. The van der Waals surface area contributed by atoms with E-state index in [1.807, 2.05) is 0 Å². The highest BCUT2D eigenvalue weighted by Crippen LogP contribution is 2.28. The lowest BCUT2D eigenvalue weighted by Gasteiger charge is -2.13. The Hall–Kier alpha value is -2.19. The number of pyridine rings is 1. The van der Waals surface area contributed by atoms with Gasteiger partial charge in [0.05, 0.1) is 23.4 Å². The van der Waals surface area contributed by atoms with Crippen molar-refractivity contribution in [3.05, 3.63) is 35.3 Å². The number of benzene rings is 1. The van der Waals surface area contributed by atoms with Crippen molar-refractivity contribution in [2.45, 2.75) is 20.8 Å². The molecule has 0 spiro atoms. The Balaban J connectivity index is 2.25. The molecule has 0 aliphatic carbocycles. The molecule has 2 aromatic rings. The summed E-state index contributed by atoms with van der Waals surface area (Å²) < 4.78 is 19.2. The number of fused-ring (bicyclic) bond motifs is 1. The van der Waals surface area contributed by atoms with Gasteiger partial charge in [-0.2, -0.15) is 5.26 Å². The minimum atomic E-state index is -0.332. The van der Waals surface area contributed by atoms with Crippen molar-refractivity contribution in [2.75, 3.05) is 25.1 Å². The van der Waals surface area contributed by atoms with Crippen LogP contribution < -0.4 is 5.32 Å². The van der Waals surface area contributed by atoms with E-state index in [-0.39, 0.29) is 5.82 Å². The summed E-state index contributed by atoms with van der Waals surface area (Å²) in [5, 5.41) is 13.0. The van der Waals surface area contributed by atoms with Crippen LogP contribution in [0.5, 0.6) is 0 Å². The number of nitrogens with one attached hydrogen (secondary N) is 1. The van der Waals surface area contributed by atoms with Crippen LogP contribution in [0, 0.1) is 30.0 Å². The molecular formula is C17H20FN3O. The van der Waals surface area contributed by atoms with Crippen LogP contribution in [0.3, 0.4) is 0 Å². The van der Waals surface area contributed by atoms with Crippen LogP contribution in [-0.2, 0) is 4.74 Å². The topological polar surface area (TPSA) is 57.9 Å². The molecule has 116 valence electrons. The fourth-order valence-electron chi connectivity index (χ4n) is 2.28. The second-order valence-corrected chi connectivity index (χ2v) is 5.67. The van der Waals surface area contributed by atoms with Gasteiger partial charge in [0.2, 0.25) is 0 Å². The van der Waals surface area contributed by atoms with Crippen LogP contribution in [0.25, 0.3) is 10.9 Å². The van der Waals surface area contributed by atoms with Gasteiger partial charge in [0.1, 0.15) is 11.9 Å². The summed E-state index contributed by atoms with van der Waals surface area (Å²) in [5.41, 5.74) is 2.47.